The number of nitrogens with one attached hydrogen (secondary N) is 2. The third kappa shape index (κ3) is 3.25. The van der Waals surface area contributed by atoms with Gasteiger partial charge in [-0.15, -0.1) is 0 Å². The van der Waals surface area contributed by atoms with Crippen LogP contribution in [-0.2, 0) is 10.3 Å². The highest BCUT2D eigenvalue weighted by atomic mass is 16.5. The average Bonchev–Trinajstić information content (AvgIpc) is 2.58. The fourth-order valence-electron chi connectivity index (χ4n) is 2.99. The molecular formula is C19H20N2O3. The standard InChI is InChI=1S/C19H20N2O3/c1-24-17(22)14-7-5-10-16(13-14)20-18(23)21-19(11-6-12-19)15-8-3-2-4-9-15/h2-5,7-10,13H,6,11-12H2,1H3,(H2,20,21,23). The van der Waals surface area contributed by atoms with Gasteiger partial charge in [-0.05, 0) is 43.0 Å². The van der Waals surface area contributed by atoms with Gasteiger partial charge in [-0.2, -0.15) is 0 Å². The fourth-order valence-corrected chi connectivity index (χ4v) is 2.99. The Balaban J connectivity index is 1.70. The summed E-state index contributed by atoms with van der Waals surface area (Å²) in [5, 5.41) is 5.89. The number of rotatable bonds is 4. The van der Waals surface area contributed by atoms with Crippen LogP contribution in [0.25, 0.3) is 0 Å². The van der Waals surface area contributed by atoms with Crippen molar-refractivity contribution in [3.05, 3.63) is 65.7 Å². The summed E-state index contributed by atoms with van der Waals surface area (Å²) >= 11 is 0. The predicted molar refractivity (Wildman–Crippen MR) is 91.9 cm³/mol. The minimum Gasteiger partial charge on any atom is -0.465 e. The lowest BCUT2D eigenvalue weighted by Gasteiger charge is -2.43. The van der Waals surface area contributed by atoms with Crippen molar-refractivity contribution in [1.29, 1.82) is 0 Å². The lowest BCUT2D eigenvalue weighted by Crippen LogP contribution is -2.52. The Kier molecular flexibility index (Phi) is 4.51. The highest BCUT2D eigenvalue weighted by Crippen LogP contribution is 2.41. The van der Waals surface area contributed by atoms with Crippen LogP contribution in [0.2, 0.25) is 0 Å². The Morgan fingerprint density at radius 1 is 1.04 bits per heavy atom. The number of carbonyl (C=O) groups excluding carboxylic acids is 2. The fraction of sp³-hybridized carbons (Fsp3) is 0.263. The van der Waals surface area contributed by atoms with Crippen LogP contribution in [0, 0.1) is 0 Å². The maximum atomic E-state index is 12.4. The van der Waals surface area contributed by atoms with E-state index in [1.165, 1.54) is 7.11 Å². The van der Waals surface area contributed by atoms with Gasteiger partial charge >= 0.3 is 12.0 Å². The van der Waals surface area contributed by atoms with Crippen LogP contribution in [0.4, 0.5) is 10.5 Å². The Bertz CT molecular complexity index is 739. The molecule has 0 aromatic heterocycles. The van der Waals surface area contributed by atoms with Crippen molar-refractivity contribution in [2.75, 3.05) is 12.4 Å². The molecule has 1 aliphatic carbocycles. The van der Waals surface area contributed by atoms with Crippen LogP contribution in [0.5, 0.6) is 0 Å². The van der Waals surface area contributed by atoms with Gasteiger partial charge in [-0.25, -0.2) is 9.59 Å². The van der Waals surface area contributed by atoms with E-state index in [1.807, 2.05) is 30.3 Å². The van der Waals surface area contributed by atoms with Crippen LogP contribution >= 0.6 is 0 Å². The third-order valence-corrected chi connectivity index (χ3v) is 4.43. The first kappa shape index (κ1) is 16.1. The van der Waals surface area contributed by atoms with E-state index in [-0.39, 0.29) is 11.6 Å². The van der Waals surface area contributed by atoms with Gasteiger partial charge in [-0.3, -0.25) is 0 Å². The topological polar surface area (TPSA) is 67.4 Å². The van der Waals surface area contributed by atoms with Crippen molar-refractivity contribution >= 4 is 17.7 Å². The van der Waals surface area contributed by atoms with Crippen LogP contribution in [-0.4, -0.2) is 19.1 Å². The summed E-state index contributed by atoms with van der Waals surface area (Å²) in [5.74, 6) is -0.432. The number of esters is 1. The minimum absolute atomic E-state index is 0.277. The molecule has 5 heteroatoms. The number of urea groups is 1. The molecule has 0 bridgehead atoms. The summed E-state index contributed by atoms with van der Waals surface area (Å²) in [4.78, 5) is 24.0. The lowest BCUT2D eigenvalue weighted by molar-refractivity contribution is 0.0600. The minimum atomic E-state index is -0.432. The Labute approximate surface area is 141 Å². The third-order valence-electron chi connectivity index (χ3n) is 4.43. The predicted octanol–water partition coefficient (Wildman–Crippen LogP) is 3.67. The zero-order valence-corrected chi connectivity index (χ0v) is 13.5. The number of methoxy groups -OCH3 is 1. The number of anilines is 1. The summed E-state index contributed by atoms with van der Waals surface area (Å²) in [6.45, 7) is 0. The number of hydrogen-bond donors (Lipinski definition) is 2. The average molecular weight is 324 g/mol. The summed E-state index contributed by atoms with van der Waals surface area (Å²) in [6, 6.07) is 16.4. The number of carbonyl (C=O) groups is 2. The van der Waals surface area contributed by atoms with Gasteiger partial charge in [0, 0.05) is 5.69 Å². The maximum absolute atomic E-state index is 12.4. The highest BCUT2D eigenvalue weighted by Gasteiger charge is 2.39. The molecule has 0 atom stereocenters. The van der Waals surface area contributed by atoms with Crippen molar-refractivity contribution < 1.29 is 14.3 Å². The Morgan fingerprint density at radius 3 is 2.42 bits per heavy atom. The molecule has 2 aromatic carbocycles. The summed E-state index contributed by atoms with van der Waals surface area (Å²) in [5.41, 5.74) is 1.77. The first-order chi connectivity index (χ1) is 11.6. The molecule has 0 unspecified atom stereocenters. The van der Waals surface area contributed by atoms with E-state index in [9.17, 15) is 9.59 Å². The van der Waals surface area contributed by atoms with Crippen molar-refractivity contribution in [3.63, 3.8) is 0 Å². The van der Waals surface area contributed by atoms with E-state index >= 15 is 0 Å². The molecule has 2 aromatic rings. The van der Waals surface area contributed by atoms with E-state index in [0.717, 1.165) is 24.8 Å². The molecule has 0 saturated heterocycles. The molecule has 1 aliphatic rings. The van der Waals surface area contributed by atoms with Crippen LogP contribution < -0.4 is 10.6 Å². The van der Waals surface area contributed by atoms with Crippen molar-refractivity contribution in [3.8, 4) is 0 Å². The van der Waals surface area contributed by atoms with Gasteiger partial charge in [0.05, 0.1) is 18.2 Å². The van der Waals surface area contributed by atoms with Crippen molar-refractivity contribution in [2.45, 2.75) is 24.8 Å². The first-order valence-corrected chi connectivity index (χ1v) is 7.96. The molecule has 3 rings (SSSR count). The van der Waals surface area contributed by atoms with Gasteiger partial charge in [0.15, 0.2) is 0 Å². The second kappa shape index (κ2) is 6.74. The largest absolute Gasteiger partial charge is 0.465 e. The van der Waals surface area contributed by atoms with Crippen LogP contribution in [0.1, 0.15) is 35.2 Å². The van der Waals surface area contributed by atoms with Gasteiger partial charge in [0.1, 0.15) is 0 Å². The molecule has 124 valence electrons. The monoisotopic (exact) mass is 324 g/mol. The second-order valence-electron chi connectivity index (χ2n) is 5.95. The molecular weight excluding hydrogens is 304 g/mol. The molecule has 2 N–H and O–H groups in total. The molecule has 5 nitrogen and oxygen atoms in total. The molecule has 0 heterocycles. The zero-order chi connectivity index (χ0) is 17.0. The van der Waals surface area contributed by atoms with E-state index in [2.05, 4.69) is 10.6 Å². The van der Waals surface area contributed by atoms with Crippen LogP contribution in [0.3, 0.4) is 0 Å². The van der Waals surface area contributed by atoms with E-state index < -0.39 is 5.97 Å². The van der Waals surface area contributed by atoms with Gasteiger partial charge in [-0.1, -0.05) is 36.4 Å². The molecule has 24 heavy (non-hydrogen) atoms. The Morgan fingerprint density at radius 2 is 1.79 bits per heavy atom. The number of ether oxygens (including phenoxy) is 1. The second-order valence-corrected chi connectivity index (χ2v) is 5.95. The summed E-state index contributed by atoms with van der Waals surface area (Å²) in [7, 11) is 1.33. The first-order valence-electron chi connectivity index (χ1n) is 7.96. The normalized spacial score (nSPS) is 15.0. The lowest BCUT2D eigenvalue weighted by atomic mass is 9.72. The van der Waals surface area contributed by atoms with E-state index in [0.29, 0.717) is 11.3 Å². The molecule has 0 aliphatic heterocycles. The SMILES string of the molecule is COC(=O)c1cccc(NC(=O)NC2(c3ccccc3)CCC2)c1. The molecule has 0 spiro atoms. The van der Waals surface area contributed by atoms with Crippen molar-refractivity contribution in [2.24, 2.45) is 0 Å². The maximum Gasteiger partial charge on any atom is 0.337 e. The summed E-state index contributed by atoms with van der Waals surface area (Å²) < 4.78 is 4.69. The highest BCUT2D eigenvalue weighted by molar-refractivity contribution is 5.94. The van der Waals surface area contributed by atoms with Gasteiger partial charge in [0.2, 0.25) is 0 Å². The van der Waals surface area contributed by atoms with Crippen LogP contribution in [0.15, 0.2) is 54.6 Å². The quantitative estimate of drug-likeness (QED) is 0.843. The van der Waals surface area contributed by atoms with Crippen molar-refractivity contribution in [1.82, 2.24) is 5.32 Å². The molecule has 0 radical (unpaired) electrons. The number of amides is 2. The smallest absolute Gasteiger partial charge is 0.337 e. The molecule has 1 fully saturated rings. The Hall–Kier alpha value is -2.82. The van der Waals surface area contributed by atoms with E-state index in [1.54, 1.807) is 24.3 Å². The summed E-state index contributed by atoms with van der Waals surface area (Å²) in [6.07, 6.45) is 2.94. The molecule has 1 saturated carbocycles. The zero-order valence-electron chi connectivity index (χ0n) is 13.5. The molecule has 2 amide bonds. The number of hydrogen-bond acceptors (Lipinski definition) is 3. The van der Waals surface area contributed by atoms with Gasteiger partial charge in [0.25, 0.3) is 0 Å². The van der Waals surface area contributed by atoms with Gasteiger partial charge < -0.3 is 15.4 Å². The number of benzene rings is 2. The van der Waals surface area contributed by atoms with E-state index in [4.69, 9.17) is 4.74 Å².